The Labute approximate surface area is 175 Å². The number of fused-ring (bicyclic) bond motifs is 1. The van der Waals surface area contributed by atoms with E-state index in [-0.39, 0.29) is 0 Å². The number of benzene rings is 2. The van der Waals surface area contributed by atoms with Crippen molar-refractivity contribution in [1.29, 1.82) is 0 Å². The second kappa shape index (κ2) is 8.08. The standard InChI is InChI=1S/C24H23N5O/c1-30-21-9-7-17(8-10-21)23-20(14-26-28-23)16-29-12-11-22-19(15-29)13-25-24(27-22)18-5-3-2-4-6-18/h2-10,13-14H,11-12,15-16H2,1H3,(H,26,28). The molecule has 3 heterocycles. The average molecular weight is 397 g/mol. The third-order valence-corrected chi connectivity index (χ3v) is 5.54. The first-order chi connectivity index (χ1) is 14.8. The minimum absolute atomic E-state index is 0.805. The van der Waals surface area contributed by atoms with E-state index in [4.69, 9.17) is 9.72 Å². The van der Waals surface area contributed by atoms with Crippen LogP contribution in [0.4, 0.5) is 0 Å². The van der Waals surface area contributed by atoms with Gasteiger partial charge in [-0.2, -0.15) is 5.10 Å². The third-order valence-electron chi connectivity index (χ3n) is 5.54. The molecule has 0 fully saturated rings. The highest BCUT2D eigenvalue weighted by Crippen LogP contribution is 2.27. The van der Waals surface area contributed by atoms with Crippen molar-refractivity contribution in [2.24, 2.45) is 0 Å². The maximum Gasteiger partial charge on any atom is 0.159 e. The van der Waals surface area contributed by atoms with Crippen LogP contribution >= 0.6 is 0 Å². The molecule has 2 aromatic carbocycles. The molecule has 150 valence electrons. The van der Waals surface area contributed by atoms with E-state index >= 15 is 0 Å². The van der Waals surface area contributed by atoms with Crippen molar-refractivity contribution in [2.45, 2.75) is 19.5 Å². The Kier molecular flexibility index (Phi) is 4.99. The molecule has 0 atom stereocenters. The van der Waals surface area contributed by atoms with Gasteiger partial charge in [-0.15, -0.1) is 0 Å². The van der Waals surface area contributed by atoms with Gasteiger partial charge in [0.15, 0.2) is 5.82 Å². The highest BCUT2D eigenvalue weighted by atomic mass is 16.5. The topological polar surface area (TPSA) is 66.9 Å². The van der Waals surface area contributed by atoms with E-state index < -0.39 is 0 Å². The second-order valence-corrected chi connectivity index (χ2v) is 7.49. The van der Waals surface area contributed by atoms with E-state index in [9.17, 15) is 0 Å². The largest absolute Gasteiger partial charge is 0.497 e. The summed E-state index contributed by atoms with van der Waals surface area (Å²) in [6, 6.07) is 18.2. The number of methoxy groups -OCH3 is 1. The summed E-state index contributed by atoms with van der Waals surface area (Å²) in [5.41, 5.74) is 6.77. The third kappa shape index (κ3) is 3.69. The zero-order valence-electron chi connectivity index (χ0n) is 16.9. The van der Waals surface area contributed by atoms with Crippen LogP contribution in [0, 0.1) is 0 Å². The molecule has 0 saturated carbocycles. The molecule has 6 nitrogen and oxygen atoms in total. The lowest BCUT2D eigenvalue weighted by molar-refractivity contribution is 0.243. The number of ether oxygens (including phenoxy) is 1. The molecule has 0 aliphatic carbocycles. The van der Waals surface area contributed by atoms with Crippen LogP contribution in [0.15, 0.2) is 67.0 Å². The van der Waals surface area contributed by atoms with E-state index in [1.54, 1.807) is 7.11 Å². The molecule has 0 radical (unpaired) electrons. The monoisotopic (exact) mass is 397 g/mol. The molecular formula is C24H23N5O. The van der Waals surface area contributed by atoms with E-state index in [0.717, 1.165) is 60.1 Å². The van der Waals surface area contributed by atoms with Gasteiger partial charge in [-0.1, -0.05) is 30.3 Å². The summed E-state index contributed by atoms with van der Waals surface area (Å²) in [4.78, 5) is 11.9. The molecule has 1 aliphatic rings. The number of hydrogen-bond donors (Lipinski definition) is 1. The fraction of sp³-hybridized carbons (Fsp3) is 0.208. The molecule has 1 N–H and O–H groups in total. The molecule has 5 rings (SSSR count). The van der Waals surface area contributed by atoms with Gasteiger partial charge in [0, 0.05) is 54.5 Å². The number of rotatable bonds is 5. The SMILES string of the molecule is COc1ccc(-c2[nH]ncc2CN2CCc3nc(-c4ccccc4)ncc3C2)cc1. The molecule has 0 unspecified atom stereocenters. The van der Waals surface area contributed by atoms with Crippen molar-refractivity contribution in [2.75, 3.05) is 13.7 Å². The quantitative estimate of drug-likeness (QED) is 0.549. The van der Waals surface area contributed by atoms with Gasteiger partial charge < -0.3 is 4.74 Å². The highest BCUT2D eigenvalue weighted by molar-refractivity contribution is 5.63. The molecule has 0 saturated heterocycles. The smallest absolute Gasteiger partial charge is 0.159 e. The fourth-order valence-electron chi connectivity index (χ4n) is 3.92. The highest BCUT2D eigenvalue weighted by Gasteiger charge is 2.20. The van der Waals surface area contributed by atoms with Crippen LogP contribution in [0.25, 0.3) is 22.6 Å². The summed E-state index contributed by atoms with van der Waals surface area (Å²) in [7, 11) is 1.68. The Balaban J connectivity index is 1.32. The number of nitrogens with zero attached hydrogens (tertiary/aromatic N) is 4. The van der Waals surface area contributed by atoms with Gasteiger partial charge in [0.25, 0.3) is 0 Å². The summed E-state index contributed by atoms with van der Waals surface area (Å²) in [5, 5.41) is 7.44. The van der Waals surface area contributed by atoms with Crippen molar-refractivity contribution in [1.82, 2.24) is 25.1 Å². The van der Waals surface area contributed by atoms with Crippen molar-refractivity contribution < 1.29 is 4.74 Å². The van der Waals surface area contributed by atoms with Gasteiger partial charge in [-0.3, -0.25) is 10.00 Å². The lowest BCUT2D eigenvalue weighted by Crippen LogP contribution is -2.31. The Morgan fingerprint density at radius 3 is 2.63 bits per heavy atom. The molecular weight excluding hydrogens is 374 g/mol. The normalized spacial score (nSPS) is 13.8. The zero-order chi connectivity index (χ0) is 20.3. The van der Waals surface area contributed by atoms with Gasteiger partial charge in [0.05, 0.1) is 24.7 Å². The molecule has 1 aliphatic heterocycles. The van der Waals surface area contributed by atoms with Crippen molar-refractivity contribution >= 4 is 0 Å². The Hall–Kier alpha value is -3.51. The number of aromatic nitrogens is 4. The van der Waals surface area contributed by atoms with Crippen molar-refractivity contribution in [3.05, 3.63) is 83.8 Å². The van der Waals surface area contributed by atoms with Crippen molar-refractivity contribution in [3.63, 3.8) is 0 Å². The minimum atomic E-state index is 0.805. The first-order valence-corrected chi connectivity index (χ1v) is 10.1. The molecule has 2 aromatic heterocycles. The number of nitrogens with one attached hydrogen (secondary N) is 1. The zero-order valence-corrected chi connectivity index (χ0v) is 16.9. The van der Waals surface area contributed by atoms with Crippen LogP contribution in [-0.2, 0) is 19.5 Å². The van der Waals surface area contributed by atoms with Crippen LogP contribution < -0.4 is 4.74 Å². The first-order valence-electron chi connectivity index (χ1n) is 10.1. The maximum absolute atomic E-state index is 5.26. The Morgan fingerprint density at radius 2 is 1.83 bits per heavy atom. The van der Waals surface area contributed by atoms with Crippen molar-refractivity contribution in [3.8, 4) is 28.4 Å². The summed E-state index contributed by atoms with van der Waals surface area (Å²) in [6.07, 6.45) is 4.83. The second-order valence-electron chi connectivity index (χ2n) is 7.49. The van der Waals surface area contributed by atoms with Crippen LogP contribution in [0.2, 0.25) is 0 Å². The Morgan fingerprint density at radius 1 is 1.00 bits per heavy atom. The predicted octanol–water partition coefficient (Wildman–Crippen LogP) is 4.10. The molecule has 0 spiro atoms. The maximum atomic E-state index is 5.26. The molecule has 4 aromatic rings. The van der Waals surface area contributed by atoms with Crippen LogP contribution in [0.5, 0.6) is 5.75 Å². The summed E-state index contributed by atoms with van der Waals surface area (Å²) in [6.45, 7) is 2.64. The van der Waals surface area contributed by atoms with E-state index in [1.165, 1.54) is 11.1 Å². The van der Waals surface area contributed by atoms with Crippen LogP contribution in [0.3, 0.4) is 0 Å². The molecule has 0 bridgehead atoms. The van der Waals surface area contributed by atoms with E-state index in [2.05, 4.69) is 44.3 Å². The van der Waals surface area contributed by atoms with Gasteiger partial charge in [0.1, 0.15) is 5.75 Å². The number of aromatic amines is 1. The predicted molar refractivity (Wildman–Crippen MR) is 116 cm³/mol. The van der Waals surface area contributed by atoms with Crippen LogP contribution in [0.1, 0.15) is 16.8 Å². The van der Waals surface area contributed by atoms with Gasteiger partial charge in [-0.25, -0.2) is 9.97 Å². The molecule has 0 amide bonds. The minimum Gasteiger partial charge on any atom is -0.497 e. The average Bonchev–Trinajstić information content (AvgIpc) is 3.27. The lowest BCUT2D eigenvalue weighted by atomic mass is 10.0. The molecule has 6 heteroatoms. The van der Waals surface area contributed by atoms with Gasteiger partial charge >= 0.3 is 0 Å². The Bertz CT molecular complexity index is 1140. The summed E-state index contributed by atoms with van der Waals surface area (Å²) < 4.78 is 5.26. The number of H-pyrrole nitrogens is 1. The van der Waals surface area contributed by atoms with Crippen LogP contribution in [-0.4, -0.2) is 38.7 Å². The van der Waals surface area contributed by atoms with E-state index in [0.29, 0.717) is 0 Å². The first kappa shape index (κ1) is 18.5. The van der Waals surface area contributed by atoms with E-state index in [1.807, 2.05) is 42.7 Å². The fourth-order valence-corrected chi connectivity index (χ4v) is 3.92. The van der Waals surface area contributed by atoms with Gasteiger partial charge in [0.2, 0.25) is 0 Å². The van der Waals surface area contributed by atoms with Gasteiger partial charge in [-0.05, 0) is 24.3 Å². The summed E-state index contributed by atoms with van der Waals surface area (Å²) in [5.74, 6) is 1.65. The molecule has 30 heavy (non-hydrogen) atoms. The number of hydrogen-bond acceptors (Lipinski definition) is 5. The lowest BCUT2D eigenvalue weighted by Gasteiger charge is -2.28. The summed E-state index contributed by atoms with van der Waals surface area (Å²) >= 11 is 0.